The molecule has 5 heteroatoms. The molecule has 1 aromatic carbocycles. The van der Waals surface area contributed by atoms with Crippen LogP contribution >= 0.6 is 0 Å². The number of nitro groups is 1. The lowest BCUT2D eigenvalue weighted by Gasteiger charge is -2.32. The van der Waals surface area contributed by atoms with Crippen LogP contribution in [-0.2, 0) is 0 Å². The second-order valence-electron chi connectivity index (χ2n) is 5.83. The summed E-state index contributed by atoms with van der Waals surface area (Å²) < 4.78 is 0. The molecule has 0 aliphatic carbocycles. The quantitative estimate of drug-likeness (QED) is 0.680. The van der Waals surface area contributed by atoms with Crippen LogP contribution in [0.5, 0.6) is 0 Å². The van der Waals surface area contributed by atoms with Crippen LogP contribution in [0.25, 0.3) is 0 Å². The summed E-state index contributed by atoms with van der Waals surface area (Å²) in [6.07, 6.45) is 4.81. The molecule has 0 bridgehead atoms. The lowest BCUT2D eigenvalue weighted by atomic mass is 10.0. The van der Waals surface area contributed by atoms with Crippen molar-refractivity contribution in [1.82, 2.24) is 5.32 Å². The third-order valence-electron chi connectivity index (χ3n) is 4.58. The Bertz CT molecular complexity index is 512. The molecule has 108 valence electrons. The lowest BCUT2D eigenvalue weighted by molar-refractivity contribution is -0.384. The summed E-state index contributed by atoms with van der Waals surface area (Å²) >= 11 is 0. The molecule has 2 unspecified atom stereocenters. The number of non-ortho nitro benzene ring substituents is 1. The second kappa shape index (κ2) is 5.40. The minimum atomic E-state index is -0.304. The minimum absolute atomic E-state index is 0.190. The molecule has 2 aliphatic heterocycles. The summed E-state index contributed by atoms with van der Waals surface area (Å²) in [6.45, 7) is 4.14. The average Bonchev–Trinajstić information content (AvgIpc) is 3.09. The topological polar surface area (TPSA) is 58.4 Å². The average molecular weight is 275 g/mol. The summed E-state index contributed by atoms with van der Waals surface area (Å²) in [5, 5.41) is 14.6. The summed E-state index contributed by atoms with van der Waals surface area (Å²) in [7, 11) is 0. The molecule has 2 fully saturated rings. The number of anilines is 1. The van der Waals surface area contributed by atoms with Crippen molar-refractivity contribution in [3.63, 3.8) is 0 Å². The fourth-order valence-electron chi connectivity index (χ4n) is 3.57. The molecule has 0 amide bonds. The zero-order valence-corrected chi connectivity index (χ0v) is 11.8. The van der Waals surface area contributed by atoms with E-state index in [9.17, 15) is 10.1 Å². The third kappa shape index (κ3) is 2.38. The van der Waals surface area contributed by atoms with E-state index in [0.29, 0.717) is 12.1 Å². The number of nitrogens with one attached hydrogen (secondary N) is 1. The first-order valence-corrected chi connectivity index (χ1v) is 7.42. The smallest absolute Gasteiger partial charge is 0.271 e. The first-order valence-electron chi connectivity index (χ1n) is 7.42. The maximum absolute atomic E-state index is 11.0. The second-order valence-corrected chi connectivity index (χ2v) is 5.83. The molecule has 0 saturated carbocycles. The number of benzene rings is 1. The van der Waals surface area contributed by atoms with E-state index < -0.39 is 0 Å². The van der Waals surface area contributed by atoms with Gasteiger partial charge in [0.1, 0.15) is 0 Å². The minimum Gasteiger partial charge on any atom is -0.367 e. The molecule has 5 nitrogen and oxygen atoms in total. The van der Waals surface area contributed by atoms with Gasteiger partial charge < -0.3 is 10.2 Å². The van der Waals surface area contributed by atoms with E-state index in [4.69, 9.17) is 0 Å². The first-order chi connectivity index (χ1) is 9.66. The maximum Gasteiger partial charge on any atom is 0.271 e. The van der Waals surface area contributed by atoms with E-state index in [2.05, 4.69) is 10.2 Å². The van der Waals surface area contributed by atoms with E-state index in [1.54, 1.807) is 12.1 Å². The Morgan fingerprint density at radius 2 is 2.20 bits per heavy atom. The zero-order valence-electron chi connectivity index (χ0n) is 11.8. The number of nitrogens with zero attached hydrogens (tertiary/aromatic N) is 2. The highest BCUT2D eigenvalue weighted by molar-refractivity contribution is 5.60. The lowest BCUT2D eigenvalue weighted by Crippen LogP contribution is -2.44. The highest BCUT2D eigenvalue weighted by Gasteiger charge is 2.34. The third-order valence-corrected chi connectivity index (χ3v) is 4.58. The van der Waals surface area contributed by atoms with Gasteiger partial charge in [-0.15, -0.1) is 0 Å². The molecule has 2 heterocycles. The van der Waals surface area contributed by atoms with Crippen molar-refractivity contribution in [3.05, 3.63) is 33.9 Å². The van der Waals surface area contributed by atoms with Gasteiger partial charge in [-0.3, -0.25) is 10.1 Å². The van der Waals surface area contributed by atoms with Crippen LogP contribution in [0, 0.1) is 17.0 Å². The van der Waals surface area contributed by atoms with Crippen LogP contribution in [-0.4, -0.2) is 30.1 Å². The molecular weight excluding hydrogens is 254 g/mol. The van der Waals surface area contributed by atoms with Crippen molar-refractivity contribution in [2.75, 3.05) is 18.0 Å². The Hall–Kier alpha value is -1.62. The van der Waals surface area contributed by atoms with Gasteiger partial charge in [0.05, 0.1) is 4.92 Å². The predicted octanol–water partition coefficient (Wildman–Crippen LogP) is 2.62. The SMILES string of the molecule is Cc1ccc([N+](=O)[O-])cc1N1CCCC1C1CCCN1. The summed E-state index contributed by atoms with van der Waals surface area (Å²) in [5.41, 5.74) is 2.35. The normalized spacial score (nSPS) is 26.1. The Balaban J connectivity index is 1.90. The van der Waals surface area contributed by atoms with Crippen LogP contribution < -0.4 is 10.2 Å². The predicted molar refractivity (Wildman–Crippen MR) is 79.2 cm³/mol. The fraction of sp³-hybridized carbons (Fsp3) is 0.600. The molecule has 0 radical (unpaired) electrons. The van der Waals surface area contributed by atoms with Crippen LogP contribution in [0.1, 0.15) is 31.2 Å². The Morgan fingerprint density at radius 1 is 1.35 bits per heavy atom. The van der Waals surface area contributed by atoms with Crippen LogP contribution in [0.2, 0.25) is 0 Å². The zero-order chi connectivity index (χ0) is 14.1. The van der Waals surface area contributed by atoms with Gasteiger partial charge in [-0.25, -0.2) is 0 Å². The number of aryl methyl sites for hydroxylation is 1. The largest absolute Gasteiger partial charge is 0.367 e. The van der Waals surface area contributed by atoms with Crippen LogP contribution in [0.4, 0.5) is 11.4 Å². The van der Waals surface area contributed by atoms with Gasteiger partial charge in [0, 0.05) is 36.4 Å². The molecule has 1 N–H and O–H groups in total. The highest BCUT2D eigenvalue weighted by Crippen LogP contribution is 2.34. The molecule has 2 atom stereocenters. The van der Waals surface area contributed by atoms with Crippen molar-refractivity contribution < 1.29 is 4.92 Å². The van der Waals surface area contributed by atoms with E-state index in [0.717, 1.165) is 24.3 Å². The molecule has 20 heavy (non-hydrogen) atoms. The number of nitro benzene ring substituents is 1. The van der Waals surface area contributed by atoms with Gasteiger partial charge in [0.15, 0.2) is 0 Å². The molecule has 0 aromatic heterocycles. The van der Waals surface area contributed by atoms with Gasteiger partial charge in [-0.2, -0.15) is 0 Å². The summed E-state index contributed by atoms with van der Waals surface area (Å²) in [5.74, 6) is 0. The van der Waals surface area contributed by atoms with Crippen molar-refractivity contribution in [1.29, 1.82) is 0 Å². The maximum atomic E-state index is 11.0. The molecule has 2 saturated heterocycles. The van der Waals surface area contributed by atoms with Crippen molar-refractivity contribution >= 4 is 11.4 Å². The van der Waals surface area contributed by atoms with E-state index in [1.165, 1.54) is 25.7 Å². The van der Waals surface area contributed by atoms with Gasteiger partial charge in [0.2, 0.25) is 0 Å². The highest BCUT2D eigenvalue weighted by atomic mass is 16.6. The summed E-state index contributed by atoms with van der Waals surface area (Å²) in [4.78, 5) is 13.1. The van der Waals surface area contributed by atoms with E-state index in [-0.39, 0.29) is 10.6 Å². The van der Waals surface area contributed by atoms with Gasteiger partial charge in [-0.1, -0.05) is 6.07 Å². The summed E-state index contributed by atoms with van der Waals surface area (Å²) in [6, 6.07) is 6.22. The molecular formula is C15H21N3O2. The Labute approximate surface area is 119 Å². The Kier molecular flexibility index (Phi) is 3.61. The first kappa shape index (κ1) is 13.4. The van der Waals surface area contributed by atoms with E-state index >= 15 is 0 Å². The van der Waals surface area contributed by atoms with Crippen LogP contribution in [0.3, 0.4) is 0 Å². The van der Waals surface area contributed by atoms with Gasteiger partial charge >= 0.3 is 0 Å². The molecule has 2 aliphatic rings. The van der Waals surface area contributed by atoms with Gasteiger partial charge in [0.25, 0.3) is 5.69 Å². The standard InChI is InChI=1S/C15H21N3O2/c1-11-6-7-12(18(19)20)10-15(11)17-9-3-5-14(17)13-4-2-8-16-13/h6-7,10,13-14,16H,2-5,8-9H2,1H3. The molecule has 3 rings (SSSR count). The van der Waals surface area contributed by atoms with Crippen molar-refractivity contribution in [2.45, 2.75) is 44.7 Å². The fourth-order valence-corrected chi connectivity index (χ4v) is 3.57. The number of hydrogen-bond acceptors (Lipinski definition) is 4. The van der Waals surface area contributed by atoms with E-state index in [1.807, 2.05) is 13.0 Å². The Morgan fingerprint density at radius 3 is 2.90 bits per heavy atom. The monoisotopic (exact) mass is 275 g/mol. The van der Waals surface area contributed by atoms with Gasteiger partial charge in [-0.05, 0) is 44.7 Å². The van der Waals surface area contributed by atoms with Crippen molar-refractivity contribution in [3.8, 4) is 0 Å². The number of hydrogen-bond donors (Lipinski definition) is 1. The van der Waals surface area contributed by atoms with Crippen LogP contribution in [0.15, 0.2) is 18.2 Å². The number of rotatable bonds is 3. The molecule has 0 spiro atoms. The molecule has 1 aromatic rings. The van der Waals surface area contributed by atoms with Crippen molar-refractivity contribution in [2.24, 2.45) is 0 Å².